The van der Waals surface area contributed by atoms with Gasteiger partial charge < -0.3 is 20.5 Å². The van der Waals surface area contributed by atoms with Gasteiger partial charge in [0.05, 0.1) is 13.0 Å². The minimum absolute atomic E-state index is 0.183. The van der Waals surface area contributed by atoms with Gasteiger partial charge in [-0.05, 0) is 55.8 Å². The lowest BCUT2D eigenvalue weighted by molar-refractivity contribution is -0.138. The normalized spacial score (nSPS) is 12.6. The van der Waals surface area contributed by atoms with E-state index in [2.05, 4.69) is 10.6 Å². The number of anilines is 1. The first kappa shape index (κ1) is 20.0. The van der Waals surface area contributed by atoms with Crippen molar-refractivity contribution in [1.29, 1.82) is 0 Å². The third-order valence-corrected chi connectivity index (χ3v) is 4.14. The van der Waals surface area contributed by atoms with Crippen LogP contribution in [0.15, 0.2) is 48.5 Å². The number of hydrogen-bond donors (Lipinski definition) is 3. The number of methoxy groups -OCH3 is 1. The Morgan fingerprint density at radius 2 is 1.56 bits per heavy atom. The van der Waals surface area contributed by atoms with E-state index in [9.17, 15) is 14.4 Å². The Bertz CT molecular complexity index is 815. The molecule has 3 N–H and O–H groups in total. The van der Waals surface area contributed by atoms with Gasteiger partial charge in [-0.25, -0.2) is 0 Å². The maximum atomic E-state index is 12.4. The van der Waals surface area contributed by atoms with Crippen molar-refractivity contribution >= 4 is 23.5 Å². The van der Waals surface area contributed by atoms with Gasteiger partial charge in [-0.3, -0.25) is 14.4 Å². The SMILES string of the molecule is COc1ccc(C(C)C(=O)Nc2ccc(C(=O)NC(C)C(=O)O)cc2)cc1. The molecule has 2 unspecified atom stereocenters. The van der Waals surface area contributed by atoms with E-state index in [0.29, 0.717) is 11.3 Å². The first-order valence-electron chi connectivity index (χ1n) is 8.40. The minimum atomic E-state index is -1.11. The lowest BCUT2D eigenvalue weighted by Crippen LogP contribution is -2.38. The van der Waals surface area contributed by atoms with Gasteiger partial charge in [0.25, 0.3) is 5.91 Å². The van der Waals surface area contributed by atoms with Crippen LogP contribution in [0.1, 0.15) is 35.7 Å². The monoisotopic (exact) mass is 370 g/mol. The summed E-state index contributed by atoms with van der Waals surface area (Å²) in [6.07, 6.45) is 0. The average molecular weight is 370 g/mol. The van der Waals surface area contributed by atoms with E-state index >= 15 is 0 Å². The lowest BCUT2D eigenvalue weighted by atomic mass is 10.00. The van der Waals surface area contributed by atoms with E-state index in [-0.39, 0.29) is 11.8 Å². The molecule has 0 aliphatic carbocycles. The highest BCUT2D eigenvalue weighted by Gasteiger charge is 2.17. The van der Waals surface area contributed by atoms with Crippen LogP contribution in [-0.4, -0.2) is 36.0 Å². The fourth-order valence-corrected chi connectivity index (χ4v) is 2.34. The lowest BCUT2D eigenvalue weighted by Gasteiger charge is -2.14. The zero-order valence-electron chi connectivity index (χ0n) is 15.4. The van der Waals surface area contributed by atoms with Crippen molar-refractivity contribution in [3.63, 3.8) is 0 Å². The van der Waals surface area contributed by atoms with Gasteiger partial charge in [-0.1, -0.05) is 12.1 Å². The van der Waals surface area contributed by atoms with E-state index < -0.39 is 17.9 Å². The predicted octanol–water partition coefficient (Wildman–Crippen LogP) is 2.64. The second kappa shape index (κ2) is 8.84. The summed E-state index contributed by atoms with van der Waals surface area (Å²) in [5, 5.41) is 14.0. The standard InChI is InChI=1S/C20H22N2O5/c1-12(14-6-10-17(27-3)11-7-14)18(23)22-16-8-4-15(5-9-16)19(24)21-13(2)20(25)26/h4-13H,1-3H3,(H,21,24)(H,22,23)(H,25,26). The predicted molar refractivity (Wildman–Crippen MR) is 101 cm³/mol. The van der Waals surface area contributed by atoms with Gasteiger partial charge in [-0.2, -0.15) is 0 Å². The summed E-state index contributed by atoms with van der Waals surface area (Å²) in [5.74, 6) is -1.43. The van der Waals surface area contributed by atoms with Crippen LogP contribution in [-0.2, 0) is 9.59 Å². The molecule has 7 nitrogen and oxygen atoms in total. The number of carboxylic acid groups (broad SMARTS) is 1. The van der Waals surface area contributed by atoms with Gasteiger partial charge in [0.2, 0.25) is 5.91 Å². The van der Waals surface area contributed by atoms with Gasteiger partial charge >= 0.3 is 5.97 Å². The van der Waals surface area contributed by atoms with Gasteiger partial charge in [-0.15, -0.1) is 0 Å². The molecule has 2 atom stereocenters. The van der Waals surface area contributed by atoms with Gasteiger partial charge in [0.1, 0.15) is 11.8 Å². The van der Waals surface area contributed by atoms with Crippen molar-refractivity contribution in [3.8, 4) is 5.75 Å². The number of nitrogens with one attached hydrogen (secondary N) is 2. The molecular weight excluding hydrogens is 348 g/mol. The van der Waals surface area contributed by atoms with Gasteiger partial charge in [0.15, 0.2) is 0 Å². The summed E-state index contributed by atoms with van der Waals surface area (Å²) >= 11 is 0. The molecule has 0 saturated heterocycles. The summed E-state index contributed by atoms with van der Waals surface area (Å²) in [4.78, 5) is 35.2. The number of rotatable bonds is 7. The number of hydrogen-bond acceptors (Lipinski definition) is 4. The molecule has 0 fully saturated rings. The summed E-state index contributed by atoms with van der Waals surface area (Å²) in [6.45, 7) is 3.18. The fourth-order valence-electron chi connectivity index (χ4n) is 2.34. The number of carbonyl (C=O) groups is 3. The molecule has 0 aliphatic rings. The van der Waals surface area contributed by atoms with Crippen molar-refractivity contribution in [3.05, 3.63) is 59.7 Å². The Kier molecular flexibility index (Phi) is 6.54. The van der Waals surface area contributed by atoms with Crippen LogP contribution in [0, 0.1) is 0 Å². The molecule has 0 aromatic heterocycles. The fraction of sp³-hybridized carbons (Fsp3) is 0.250. The van der Waals surface area contributed by atoms with Gasteiger partial charge in [0, 0.05) is 11.3 Å². The molecule has 2 amide bonds. The van der Waals surface area contributed by atoms with Crippen molar-refractivity contribution in [2.75, 3.05) is 12.4 Å². The molecule has 2 aromatic rings. The molecule has 7 heteroatoms. The summed E-state index contributed by atoms with van der Waals surface area (Å²) in [5.41, 5.74) is 1.71. The molecule has 2 aromatic carbocycles. The van der Waals surface area contributed by atoms with Crippen LogP contribution in [0.5, 0.6) is 5.75 Å². The Balaban J connectivity index is 1.99. The molecule has 142 valence electrons. The van der Waals surface area contributed by atoms with Crippen LogP contribution in [0.4, 0.5) is 5.69 Å². The molecule has 0 bridgehead atoms. The third-order valence-electron chi connectivity index (χ3n) is 4.14. The van der Waals surface area contributed by atoms with Crippen molar-refractivity contribution in [2.45, 2.75) is 25.8 Å². The maximum absolute atomic E-state index is 12.4. The van der Waals surface area contributed by atoms with Crippen LogP contribution in [0.25, 0.3) is 0 Å². The topological polar surface area (TPSA) is 105 Å². The molecule has 0 heterocycles. The highest BCUT2D eigenvalue weighted by Crippen LogP contribution is 2.21. The van der Waals surface area contributed by atoms with E-state index in [1.54, 1.807) is 38.3 Å². The van der Waals surface area contributed by atoms with E-state index in [1.165, 1.54) is 19.1 Å². The first-order valence-corrected chi connectivity index (χ1v) is 8.40. The zero-order chi connectivity index (χ0) is 20.0. The maximum Gasteiger partial charge on any atom is 0.325 e. The van der Waals surface area contributed by atoms with Crippen LogP contribution in [0.3, 0.4) is 0 Å². The summed E-state index contributed by atoms with van der Waals surface area (Å²) < 4.78 is 5.11. The molecule has 2 rings (SSSR count). The Morgan fingerprint density at radius 1 is 0.963 bits per heavy atom. The molecule has 0 spiro atoms. The number of carbonyl (C=O) groups excluding carboxylic acids is 2. The number of amides is 2. The Morgan fingerprint density at radius 3 is 2.07 bits per heavy atom. The molecular formula is C20H22N2O5. The van der Waals surface area contributed by atoms with Crippen molar-refractivity contribution < 1.29 is 24.2 Å². The largest absolute Gasteiger partial charge is 0.497 e. The molecule has 0 radical (unpaired) electrons. The average Bonchev–Trinajstić information content (AvgIpc) is 2.67. The third kappa shape index (κ3) is 5.31. The van der Waals surface area contributed by atoms with E-state index in [4.69, 9.17) is 9.84 Å². The number of aliphatic carboxylic acids is 1. The second-order valence-electron chi connectivity index (χ2n) is 6.09. The summed E-state index contributed by atoms with van der Waals surface area (Å²) in [7, 11) is 1.58. The zero-order valence-corrected chi connectivity index (χ0v) is 15.4. The molecule has 0 saturated carbocycles. The second-order valence-corrected chi connectivity index (χ2v) is 6.09. The van der Waals surface area contributed by atoms with Crippen molar-refractivity contribution in [2.24, 2.45) is 0 Å². The Labute approximate surface area is 157 Å². The highest BCUT2D eigenvalue weighted by atomic mass is 16.5. The van der Waals surface area contributed by atoms with Crippen LogP contribution < -0.4 is 15.4 Å². The van der Waals surface area contributed by atoms with Crippen LogP contribution in [0.2, 0.25) is 0 Å². The minimum Gasteiger partial charge on any atom is -0.497 e. The van der Waals surface area contributed by atoms with Crippen molar-refractivity contribution in [1.82, 2.24) is 5.32 Å². The van der Waals surface area contributed by atoms with Crippen LogP contribution >= 0.6 is 0 Å². The number of benzene rings is 2. The number of carboxylic acids is 1. The number of ether oxygens (including phenoxy) is 1. The smallest absolute Gasteiger partial charge is 0.325 e. The quantitative estimate of drug-likeness (QED) is 0.695. The molecule has 27 heavy (non-hydrogen) atoms. The summed E-state index contributed by atoms with van der Waals surface area (Å²) in [6, 6.07) is 12.5. The Hall–Kier alpha value is -3.35. The van der Waals surface area contributed by atoms with E-state index in [1.807, 2.05) is 12.1 Å². The van der Waals surface area contributed by atoms with E-state index in [0.717, 1.165) is 11.3 Å². The molecule has 0 aliphatic heterocycles. The highest BCUT2D eigenvalue weighted by molar-refractivity contribution is 5.98. The first-order chi connectivity index (χ1) is 12.8.